The van der Waals surface area contributed by atoms with E-state index >= 15 is 0 Å². The molecule has 0 saturated carbocycles. The molecule has 0 spiro atoms. The van der Waals surface area contributed by atoms with Gasteiger partial charge in [-0.2, -0.15) is 0 Å². The maximum absolute atomic E-state index is 11.9. The Bertz CT molecular complexity index is 516. The Labute approximate surface area is 138 Å². The highest BCUT2D eigenvalue weighted by molar-refractivity contribution is 5.76. The van der Waals surface area contributed by atoms with Crippen molar-refractivity contribution < 1.29 is 9.90 Å². The van der Waals surface area contributed by atoms with Gasteiger partial charge in [0.1, 0.15) is 0 Å². The van der Waals surface area contributed by atoms with Gasteiger partial charge in [-0.1, -0.05) is 0 Å². The SMILES string of the molecule is CN1CCC[C@@H](c2cnc(CCC(=O)NC(C)(C)CO)cn2)C1. The normalized spacial score (nSPS) is 19.6. The Morgan fingerprint density at radius 1 is 1.43 bits per heavy atom. The van der Waals surface area contributed by atoms with Crippen LogP contribution in [0.3, 0.4) is 0 Å². The summed E-state index contributed by atoms with van der Waals surface area (Å²) in [5.41, 5.74) is 1.29. The summed E-state index contributed by atoms with van der Waals surface area (Å²) in [6.45, 7) is 5.69. The van der Waals surface area contributed by atoms with Gasteiger partial charge in [0.15, 0.2) is 0 Å². The molecule has 2 rings (SSSR count). The van der Waals surface area contributed by atoms with Gasteiger partial charge < -0.3 is 15.3 Å². The number of aromatic nitrogens is 2. The maximum atomic E-state index is 11.9. The predicted octanol–water partition coefficient (Wildman–Crippen LogP) is 1.11. The van der Waals surface area contributed by atoms with Crippen molar-refractivity contribution >= 4 is 5.91 Å². The van der Waals surface area contributed by atoms with Gasteiger partial charge in [-0.25, -0.2) is 0 Å². The molecule has 128 valence electrons. The summed E-state index contributed by atoms with van der Waals surface area (Å²) in [5, 5.41) is 12.0. The van der Waals surface area contributed by atoms with Crippen LogP contribution in [0.2, 0.25) is 0 Å². The highest BCUT2D eigenvalue weighted by atomic mass is 16.3. The number of likely N-dealkylation sites (tertiary alicyclic amines) is 1. The van der Waals surface area contributed by atoms with Crippen LogP contribution >= 0.6 is 0 Å². The van der Waals surface area contributed by atoms with Gasteiger partial charge in [0.25, 0.3) is 0 Å². The molecule has 1 amide bonds. The van der Waals surface area contributed by atoms with E-state index in [2.05, 4.69) is 27.2 Å². The van der Waals surface area contributed by atoms with E-state index in [4.69, 9.17) is 5.11 Å². The average molecular weight is 320 g/mol. The monoisotopic (exact) mass is 320 g/mol. The van der Waals surface area contributed by atoms with E-state index in [0.29, 0.717) is 18.8 Å². The maximum Gasteiger partial charge on any atom is 0.220 e. The number of nitrogens with zero attached hydrogens (tertiary/aromatic N) is 3. The van der Waals surface area contributed by atoms with Crippen LogP contribution in [0, 0.1) is 0 Å². The van der Waals surface area contributed by atoms with Gasteiger partial charge in [-0.3, -0.25) is 14.8 Å². The largest absolute Gasteiger partial charge is 0.394 e. The molecule has 6 nitrogen and oxygen atoms in total. The van der Waals surface area contributed by atoms with Gasteiger partial charge in [-0.05, 0) is 46.7 Å². The number of hydrogen-bond acceptors (Lipinski definition) is 5. The predicted molar refractivity (Wildman–Crippen MR) is 89.1 cm³/mol. The number of likely N-dealkylation sites (N-methyl/N-ethyl adjacent to an activating group) is 1. The van der Waals surface area contributed by atoms with Crippen molar-refractivity contribution in [2.24, 2.45) is 0 Å². The number of aliphatic hydroxyl groups is 1. The summed E-state index contributed by atoms with van der Waals surface area (Å²) in [4.78, 5) is 23.2. The molecule has 6 heteroatoms. The van der Waals surface area contributed by atoms with E-state index < -0.39 is 5.54 Å². The zero-order chi connectivity index (χ0) is 16.9. The first-order chi connectivity index (χ1) is 10.9. The molecule has 0 bridgehead atoms. The van der Waals surface area contributed by atoms with Gasteiger partial charge in [0.2, 0.25) is 5.91 Å². The molecular formula is C17H28N4O2. The van der Waals surface area contributed by atoms with E-state index in [1.54, 1.807) is 20.0 Å². The molecular weight excluding hydrogens is 292 g/mol. The lowest BCUT2D eigenvalue weighted by Crippen LogP contribution is -2.46. The number of amides is 1. The van der Waals surface area contributed by atoms with Crippen LogP contribution in [0.25, 0.3) is 0 Å². The molecule has 1 atom stereocenters. The minimum absolute atomic E-state index is 0.0798. The minimum Gasteiger partial charge on any atom is -0.394 e. The second-order valence-electron chi connectivity index (χ2n) is 7.12. The Morgan fingerprint density at radius 3 is 2.83 bits per heavy atom. The van der Waals surface area contributed by atoms with Crippen molar-refractivity contribution in [2.75, 3.05) is 26.7 Å². The van der Waals surface area contributed by atoms with Crippen LogP contribution in [-0.2, 0) is 11.2 Å². The topological polar surface area (TPSA) is 78.4 Å². The number of aryl methyl sites for hydroxylation is 1. The van der Waals surface area contributed by atoms with Gasteiger partial charge in [0.05, 0.1) is 23.5 Å². The van der Waals surface area contributed by atoms with Crippen molar-refractivity contribution in [3.8, 4) is 0 Å². The smallest absolute Gasteiger partial charge is 0.220 e. The number of carbonyl (C=O) groups excluding carboxylic acids is 1. The molecule has 1 aliphatic rings. The van der Waals surface area contributed by atoms with E-state index in [-0.39, 0.29) is 12.5 Å². The molecule has 2 heterocycles. The quantitative estimate of drug-likeness (QED) is 0.821. The third-order valence-corrected chi connectivity index (χ3v) is 4.25. The van der Waals surface area contributed by atoms with Crippen LogP contribution in [0.1, 0.15) is 50.4 Å². The fourth-order valence-corrected chi connectivity index (χ4v) is 2.83. The molecule has 23 heavy (non-hydrogen) atoms. The second-order valence-corrected chi connectivity index (χ2v) is 7.12. The first-order valence-corrected chi connectivity index (χ1v) is 8.31. The van der Waals surface area contributed by atoms with Crippen molar-refractivity contribution in [1.82, 2.24) is 20.2 Å². The summed E-state index contributed by atoms with van der Waals surface area (Å²) in [6, 6.07) is 0. The molecule has 0 aromatic carbocycles. The zero-order valence-electron chi connectivity index (χ0n) is 14.4. The lowest BCUT2D eigenvalue weighted by molar-refractivity contribution is -0.123. The average Bonchev–Trinajstić information content (AvgIpc) is 2.53. The first-order valence-electron chi connectivity index (χ1n) is 8.31. The first kappa shape index (κ1) is 17.8. The number of rotatable bonds is 6. The third-order valence-electron chi connectivity index (χ3n) is 4.25. The molecule has 0 unspecified atom stereocenters. The Morgan fingerprint density at radius 2 is 2.22 bits per heavy atom. The van der Waals surface area contributed by atoms with E-state index in [0.717, 1.165) is 30.9 Å². The van der Waals surface area contributed by atoms with Crippen molar-refractivity contribution in [3.05, 3.63) is 23.8 Å². The Hall–Kier alpha value is -1.53. The summed E-state index contributed by atoms with van der Waals surface area (Å²) >= 11 is 0. The number of hydrogen-bond donors (Lipinski definition) is 2. The number of aliphatic hydroxyl groups excluding tert-OH is 1. The highest BCUT2D eigenvalue weighted by Gasteiger charge is 2.21. The summed E-state index contributed by atoms with van der Waals surface area (Å²) in [6.07, 6.45) is 6.92. The van der Waals surface area contributed by atoms with Gasteiger partial charge >= 0.3 is 0 Å². The standard InChI is InChI=1S/C17H28N4O2/c1-17(2,12-22)20-16(23)7-6-14-9-19-15(10-18-14)13-5-4-8-21(3)11-13/h9-10,13,22H,4-8,11-12H2,1-3H3,(H,20,23)/t13-/m1/s1. The third kappa shape index (κ3) is 5.55. The molecule has 1 aromatic rings. The minimum atomic E-state index is -0.584. The molecule has 1 saturated heterocycles. The fraction of sp³-hybridized carbons (Fsp3) is 0.706. The number of nitrogens with one attached hydrogen (secondary N) is 1. The Kier molecular flexibility index (Phi) is 6.07. The number of carbonyl (C=O) groups is 1. The molecule has 0 aliphatic carbocycles. The van der Waals surface area contributed by atoms with E-state index in [1.165, 1.54) is 6.42 Å². The fourth-order valence-electron chi connectivity index (χ4n) is 2.83. The summed E-state index contributed by atoms with van der Waals surface area (Å²) < 4.78 is 0. The lowest BCUT2D eigenvalue weighted by atomic mass is 9.95. The molecule has 1 aliphatic heterocycles. The summed E-state index contributed by atoms with van der Waals surface area (Å²) in [7, 11) is 2.14. The lowest BCUT2D eigenvalue weighted by Gasteiger charge is -2.29. The summed E-state index contributed by atoms with van der Waals surface area (Å²) in [5.74, 6) is 0.382. The number of piperidine rings is 1. The van der Waals surface area contributed by atoms with Crippen LogP contribution < -0.4 is 5.32 Å². The zero-order valence-corrected chi connectivity index (χ0v) is 14.4. The van der Waals surface area contributed by atoms with Gasteiger partial charge in [0, 0.05) is 31.3 Å². The van der Waals surface area contributed by atoms with Crippen LogP contribution in [0.5, 0.6) is 0 Å². The van der Waals surface area contributed by atoms with Gasteiger partial charge in [-0.15, -0.1) is 0 Å². The van der Waals surface area contributed by atoms with Crippen LogP contribution in [-0.4, -0.2) is 58.2 Å². The molecule has 0 radical (unpaired) electrons. The van der Waals surface area contributed by atoms with Crippen LogP contribution in [0.15, 0.2) is 12.4 Å². The van der Waals surface area contributed by atoms with Crippen molar-refractivity contribution in [1.29, 1.82) is 0 Å². The van der Waals surface area contributed by atoms with E-state index in [9.17, 15) is 4.79 Å². The molecule has 1 aromatic heterocycles. The molecule has 2 N–H and O–H groups in total. The highest BCUT2D eigenvalue weighted by Crippen LogP contribution is 2.24. The molecule has 1 fully saturated rings. The van der Waals surface area contributed by atoms with Crippen molar-refractivity contribution in [2.45, 2.75) is 51.0 Å². The van der Waals surface area contributed by atoms with Crippen LogP contribution in [0.4, 0.5) is 0 Å². The second kappa shape index (κ2) is 7.84. The van der Waals surface area contributed by atoms with Crippen molar-refractivity contribution in [3.63, 3.8) is 0 Å². The Balaban J connectivity index is 1.84. The van der Waals surface area contributed by atoms with E-state index in [1.807, 2.05) is 6.20 Å².